The van der Waals surface area contributed by atoms with Gasteiger partial charge in [-0.1, -0.05) is 13.8 Å². The minimum absolute atomic E-state index is 0.200. The Kier molecular flexibility index (Phi) is 4.19. The van der Waals surface area contributed by atoms with E-state index in [4.69, 9.17) is 9.52 Å². The van der Waals surface area contributed by atoms with Gasteiger partial charge in [0.2, 0.25) is 0 Å². The number of hydrogen-bond donors (Lipinski definition) is 2. The molecule has 0 bridgehead atoms. The molecule has 0 aliphatic heterocycles. The highest BCUT2D eigenvalue weighted by Gasteiger charge is 2.25. The second kappa shape index (κ2) is 5.87. The van der Waals surface area contributed by atoms with Crippen molar-refractivity contribution in [1.82, 2.24) is 10.3 Å². The fourth-order valence-corrected chi connectivity index (χ4v) is 2.41. The topological polar surface area (TPSA) is 92.4 Å². The molecule has 0 fully saturated rings. The molecule has 2 rings (SSSR count). The van der Waals surface area contributed by atoms with Gasteiger partial charge < -0.3 is 14.8 Å². The molecule has 7 heteroatoms. The van der Waals surface area contributed by atoms with Gasteiger partial charge in [-0.05, 0) is 18.1 Å². The summed E-state index contributed by atoms with van der Waals surface area (Å²) in [5.41, 5.74) is 0. The van der Waals surface area contributed by atoms with Crippen LogP contribution in [0.5, 0.6) is 0 Å². The van der Waals surface area contributed by atoms with Gasteiger partial charge in [0, 0.05) is 0 Å². The van der Waals surface area contributed by atoms with Crippen molar-refractivity contribution < 1.29 is 19.1 Å². The van der Waals surface area contributed by atoms with E-state index in [9.17, 15) is 9.59 Å². The number of thiazole rings is 1. The lowest BCUT2D eigenvalue weighted by molar-refractivity contribution is -0.140. The summed E-state index contributed by atoms with van der Waals surface area (Å²) in [7, 11) is 0. The number of carboxylic acid groups (broad SMARTS) is 1. The maximum atomic E-state index is 12.0. The molecule has 0 aliphatic rings. The van der Waals surface area contributed by atoms with Crippen molar-refractivity contribution in [2.45, 2.75) is 19.9 Å². The number of amides is 1. The summed E-state index contributed by atoms with van der Waals surface area (Å²) in [5, 5.41) is 12.1. The Morgan fingerprint density at radius 2 is 2.20 bits per heavy atom. The van der Waals surface area contributed by atoms with Crippen LogP contribution in [0.3, 0.4) is 0 Å². The molecule has 0 aromatic carbocycles. The van der Waals surface area contributed by atoms with E-state index in [1.54, 1.807) is 26.0 Å². The van der Waals surface area contributed by atoms with E-state index in [1.165, 1.54) is 12.5 Å². The quantitative estimate of drug-likeness (QED) is 0.882. The van der Waals surface area contributed by atoms with Gasteiger partial charge in [-0.25, -0.2) is 9.78 Å². The van der Waals surface area contributed by atoms with Crippen molar-refractivity contribution in [1.29, 1.82) is 0 Å². The van der Waals surface area contributed by atoms with Gasteiger partial charge in [-0.15, -0.1) is 11.3 Å². The summed E-state index contributed by atoms with van der Waals surface area (Å²) in [6, 6.07) is 2.56. The molecule has 1 amide bonds. The van der Waals surface area contributed by atoms with Gasteiger partial charge in [-0.3, -0.25) is 4.79 Å². The highest BCUT2D eigenvalue weighted by atomic mass is 32.1. The summed E-state index contributed by atoms with van der Waals surface area (Å²) < 4.78 is 5.19. The van der Waals surface area contributed by atoms with Gasteiger partial charge >= 0.3 is 5.97 Å². The summed E-state index contributed by atoms with van der Waals surface area (Å²) in [5.74, 6) is -1.12. The minimum Gasteiger partial charge on any atom is -0.480 e. The third-order valence-corrected chi connectivity index (χ3v) is 3.69. The van der Waals surface area contributed by atoms with E-state index in [1.807, 2.05) is 0 Å². The monoisotopic (exact) mass is 294 g/mol. The summed E-state index contributed by atoms with van der Waals surface area (Å²) in [6.07, 6.45) is 2.94. The van der Waals surface area contributed by atoms with Crippen LogP contribution in [-0.2, 0) is 4.79 Å². The fourth-order valence-electron chi connectivity index (χ4n) is 1.62. The predicted molar refractivity (Wildman–Crippen MR) is 73.5 cm³/mol. The Labute approximate surface area is 119 Å². The normalized spacial score (nSPS) is 12.3. The molecule has 20 heavy (non-hydrogen) atoms. The standard InChI is InChI=1S/C13H14N2O4S/c1-7(2)10(13(17)18)15-11(16)9-6-14-12(20-9)8-4-3-5-19-8/h3-7,10H,1-2H3,(H,15,16)(H,17,18)/t10-/m1/s1. The van der Waals surface area contributed by atoms with Gasteiger partial charge in [0.05, 0.1) is 12.5 Å². The van der Waals surface area contributed by atoms with Crippen molar-refractivity contribution in [3.63, 3.8) is 0 Å². The number of carboxylic acids is 1. The van der Waals surface area contributed by atoms with Crippen LogP contribution in [-0.4, -0.2) is 28.0 Å². The summed E-state index contributed by atoms with van der Waals surface area (Å²) in [4.78, 5) is 27.5. The number of aliphatic carboxylic acids is 1. The van der Waals surface area contributed by atoms with E-state index < -0.39 is 17.9 Å². The van der Waals surface area contributed by atoms with Crippen molar-refractivity contribution in [3.8, 4) is 10.8 Å². The Hall–Kier alpha value is -2.15. The summed E-state index contributed by atoms with van der Waals surface area (Å²) in [6.45, 7) is 3.47. The first kappa shape index (κ1) is 14.3. The summed E-state index contributed by atoms with van der Waals surface area (Å²) >= 11 is 1.15. The predicted octanol–water partition coefficient (Wildman–Crippen LogP) is 2.24. The molecule has 0 saturated heterocycles. The largest absolute Gasteiger partial charge is 0.480 e. The average molecular weight is 294 g/mol. The number of nitrogens with zero attached hydrogens (tertiary/aromatic N) is 1. The second-order valence-electron chi connectivity index (χ2n) is 4.54. The molecule has 2 N–H and O–H groups in total. The van der Waals surface area contributed by atoms with Crippen molar-refractivity contribution in [2.75, 3.05) is 0 Å². The Balaban J connectivity index is 2.12. The van der Waals surface area contributed by atoms with E-state index in [2.05, 4.69) is 10.3 Å². The number of rotatable bonds is 5. The third kappa shape index (κ3) is 3.05. The highest BCUT2D eigenvalue weighted by Crippen LogP contribution is 2.25. The Morgan fingerprint density at radius 1 is 1.45 bits per heavy atom. The molecule has 2 aromatic heterocycles. The molecule has 2 aromatic rings. The van der Waals surface area contributed by atoms with Crippen molar-refractivity contribution in [2.24, 2.45) is 5.92 Å². The molecule has 106 valence electrons. The zero-order chi connectivity index (χ0) is 14.7. The van der Waals surface area contributed by atoms with Crippen LogP contribution in [0.2, 0.25) is 0 Å². The molecule has 1 atom stereocenters. The lowest BCUT2D eigenvalue weighted by Gasteiger charge is -2.16. The van der Waals surface area contributed by atoms with E-state index in [0.717, 1.165) is 11.3 Å². The van der Waals surface area contributed by atoms with Gasteiger partial charge in [0.1, 0.15) is 10.9 Å². The zero-order valence-corrected chi connectivity index (χ0v) is 11.8. The molecule has 0 unspecified atom stereocenters. The van der Waals surface area contributed by atoms with E-state index in [-0.39, 0.29) is 5.92 Å². The first-order valence-electron chi connectivity index (χ1n) is 6.02. The van der Waals surface area contributed by atoms with Crippen LogP contribution in [0.4, 0.5) is 0 Å². The van der Waals surface area contributed by atoms with E-state index >= 15 is 0 Å². The smallest absolute Gasteiger partial charge is 0.326 e. The molecular formula is C13H14N2O4S. The molecule has 0 saturated carbocycles. The van der Waals surface area contributed by atoms with Gasteiger partial charge in [-0.2, -0.15) is 0 Å². The number of furan rings is 1. The average Bonchev–Trinajstić information content (AvgIpc) is 3.04. The number of hydrogen-bond acceptors (Lipinski definition) is 5. The van der Waals surface area contributed by atoms with Gasteiger partial charge in [0.25, 0.3) is 5.91 Å². The lowest BCUT2D eigenvalue weighted by Crippen LogP contribution is -2.44. The second-order valence-corrected chi connectivity index (χ2v) is 5.57. The maximum absolute atomic E-state index is 12.0. The highest BCUT2D eigenvalue weighted by molar-refractivity contribution is 7.16. The van der Waals surface area contributed by atoms with Crippen molar-refractivity contribution in [3.05, 3.63) is 29.5 Å². The molecule has 0 aliphatic carbocycles. The number of carbonyl (C=O) groups excluding carboxylic acids is 1. The lowest BCUT2D eigenvalue weighted by atomic mass is 10.0. The van der Waals surface area contributed by atoms with Crippen LogP contribution in [0.1, 0.15) is 23.5 Å². The van der Waals surface area contributed by atoms with Crippen LogP contribution < -0.4 is 5.32 Å². The molecule has 6 nitrogen and oxygen atoms in total. The first-order chi connectivity index (χ1) is 9.49. The van der Waals surface area contributed by atoms with Crippen LogP contribution >= 0.6 is 11.3 Å². The third-order valence-electron chi connectivity index (χ3n) is 2.68. The molecule has 0 spiro atoms. The molecule has 2 heterocycles. The number of carbonyl (C=O) groups is 2. The first-order valence-corrected chi connectivity index (χ1v) is 6.84. The molecule has 0 radical (unpaired) electrons. The number of aromatic nitrogens is 1. The van der Waals surface area contributed by atoms with Crippen LogP contribution in [0.15, 0.2) is 29.0 Å². The fraction of sp³-hybridized carbons (Fsp3) is 0.308. The molecular weight excluding hydrogens is 280 g/mol. The van der Waals surface area contributed by atoms with Crippen molar-refractivity contribution >= 4 is 23.2 Å². The minimum atomic E-state index is -1.05. The van der Waals surface area contributed by atoms with Crippen LogP contribution in [0, 0.1) is 5.92 Å². The zero-order valence-electron chi connectivity index (χ0n) is 11.0. The Morgan fingerprint density at radius 3 is 2.75 bits per heavy atom. The number of nitrogens with one attached hydrogen (secondary N) is 1. The SMILES string of the molecule is CC(C)[C@@H](NC(=O)c1cnc(-c2ccco2)s1)C(=O)O. The van der Waals surface area contributed by atoms with E-state index in [0.29, 0.717) is 15.6 Å². The maximum Gasteiger partial charge on any atom is 0.326 e. The van der Waals surface area contributed by atoms with Crippen LogP contribution in [0.25, 0.3) is 10.8 Å². The Bertz CT molecular complexity index is 604. The van der Waals surface area contributed by atoms with Gasteiger partial charge in [0.15, 0.2) is 10.8 Å².